The van der Waals surface area contributed by atoms with Crippen molar-refractivity contribution in [1.82, 2.24) is 5.16 Å². The summed E-state index contributed by atoms with van der Waals surface area (Å²) in [5.74, 6) is -1.16. The van der Waals surface area contributed by atoms with E-state index in [9.17, 15) is 9.90 Å². The Morgan fingerprint density at radius 2 is 2.19 bits per heavy atom. The molecule has 2 aromatic rings. The summed E-state index contributed by atoms with van der Waals surface area (Å²) >= 11 is 0. The minimum absolute atomic E-state index is 0.166. The van der Waals surface area contributed by atoms with Crippen LogP contribution in [0.1, 0.15) is 21.8 Å². The van der Waals surface area contributed by atoms with Gasteiger partial charge in [-0.3, -0.25) is 0 Å². The van der Waals surface area contributed by atoms with Gasteiger partial charge in [0.05, 0.1) is 5.69 Å². The fourth-order valence-corrected chi connectivity index (χ4v) is 1.37. The van der Waals surface area contributed by atoms with Crippen molar-refractivity contribution in [2.75, 3.05) is 0 Å². The van der Waals surface area contributed by atoms with Crippen LogP contribution in [0.2, 0.25) is 0 Å². The Kier molecular flexibility index (Phi) is 2.59. The maximum Gasteiger partial charge on any atom is 0.374 e. The molecule has 2 N–H and O–H groups in total. The van der Waals surface area contributed by atoms with Crippen molar-refractivity contribution < 1.29 is 19.5 Å². The van der Waals surface area contributed by atoms with Gasteiger partial charge in [-0.05, 0) is 17.7 Å². The quantitative estimate of drug-likeness (QED) is 0.820. The SMILES string of the molecule is O=C(O)c1cc(Cc2cccc(O)c2)no1. The Hall–Kier alpha value is -2.30. The number of carboxylic acids is 1. The van der Waals surface area contributed by atoms with Crippen molar-refractivity contribution >= 4 is 5.97 Å². The van der Waals surface area contributed by atoms with Crippen molar-refractivity contribution in [3.63, 3.8) is 0 Å². The molecule has 0 aliphatic rings. The van der Waals surface area contributed by atoms with Gasteiger partial charge in [-0.25, -0.2) is 4.79 Å². The summed E-state index contributed by atoms with van der Waals surface area (Å²) in [6.45, 7) is 0. The second kappa shape index (κ2) is 4.06. The van der Waals surface area contributed by atoms with Gasteiger partial charge in [0.2, 0.25) is 5.76 Å². The lowest BCUT2D eigenvalue weighted by atomic mass is 10.1. The van der Waals surface area contributed by atoms with Crippen LogP contribution in [-0.4, -0.2) is 21.3 Å². The van der Waals surface area contributed by atoms with Crippen LogP contribution in [0.5, 0.6) is 5.75 Å². The van der Waals surface area contributed by atoms with Crippen molar-refractivity contribution in [2.45, 2.75) is 6.42 Å². The molecular weight excluding hydrogens is 210 g/mol. The molecule has 5 heteroatoms. The fraction of sp³-hybridized carbons (Fsp3) is 0.0909. The number of phenols is 1. The minimum atomic E-state index is -1.14. The van der Waals surface area contributed by atoms with E-state index in [2.05, 4.69) is 9.68 Å². The van der Waals surface area contributed by atoms with E-state index in [0.717, 1.165) is 5.56 Å². The smallest absolute Gasteiger partial charge is 0.374 e. The van der Waals surface area contributed by atoms with E-state index in [1.54, 1.807) is 18.2 Å². The molecule has 0 bridgehead atoms. The van der Waals surface area contributed by atoms with Gasteiger partial charge in [0.15, 0.2) is 0 Å². The molecule has 0 saturated heterocycles. The second-order valence-electron chi connectivity index (χ2n) is 3.33. The van der Waals surface area contributed by atoms with Crippen LogP contribution in [0.4, 0.5) is 0 Å². The predicted molar refractivity (Wildman–Crippen MR) is 54.4 cm³/mol. The Morgan fingerprint density at radius 1 is 1.38 bits per heavy atom. The minimum Gasteiger partial charge on any atom is -0.508 e. The molecule has 5 nitrogen and oxygen atoms in total. The lowest BCUT2D eigenvalue weighted by Crippen LogP contribution is -1.92. The summed E-state index contributed by atoms with van der Waals surface area (Å²) in [6.07, 6.45) is 0.422. The highest BCUT2D eigenvalue weighted by Crippen LogP contribution is 2.15. The average Bonchev–Trinajstić information content (AvgIpc) is 2.66. The number of carboxylic acid groups (broad SMARTS) is 1. The first-order valence-corrected chi connectivity index (χ1v) is 4.62. The van der Waals surface area contributed by atoms with E-state index < -0.39 is 5.97 Å². The zero-order chi connectivity index (χ0) is 11.5. The number of aromatic nitrogens is 1. The van der Waals surface area contributed by atoms with Crippen molar-refractivity contribution in [3.8, 4) is 5.75 Å². The Bertz CT molecular complexity index is 518. The molecule has 0 unspecified atom stereocenters. The number of phenolic OH excluding ortho intramolecular Hbond substituents is 1. The molecule has 0 aliphatic heterocycles. The molecule has 82 valence electrons. The van der Waals surface area contributed by atoms with Crippen LogP contribution >= 0.6 is 0 Å². The maximum absolute atomic E-state index is 10.5. The summed E-state index contributed by atoms with van der Waals surface area (Å²) in [6, 6.07) is 8.05. The predicted octanol–water partition coefficient (Wildman–Crippen LogP) is 1.67. The van der Waals surface area contributed by atoms with Crippen molar-refractivity contribution in [3.05, 3.63) is 47.3 Å². The monoisotopic (exact) mass is 219 g/mol. The van der Waals surface area contributed by atoms with Gasteiger partial charge in [0, 0.05) is 12.5 Å². The lowest BCUT2D eigenvalue weighted by Gasteiger charge is -1.97. The van der Waals surface area contributed by atoms with Gasteiger partial charge in [0.1, 0.15) is 5.75 Å². The summed E-state index contributed by atoms with van der Waals surface area (Å²) in [7, 11) is 0. The molecule has 0 saturated carbocycles. The van der Waals surface area contributed by atoms with Gasteiger partial charge in [-0.15, -0.1) is 0 Å². The number of aromatic carboxylic acids is 1. The van der Waals surface area contributed by atoms with E-state index in [4.69, 9.17) is 5.11 Å². The molecule has 1 aromatic carbocycles. The third-order valence-electron chi connectivity index (χ3n) is 2.07. The molecule has 1 heterocycles. The average molecular weight is 219 g/mol. The first-order valence-electron chi connectivity index (χ1n) is 4.62. The van der Waals surface area contributed by atoms with Gasteiger partial charge in [-0.1, -0.05) is 17.3 Å². The summed E-state index contributed by atoms with van der Waals surface area (Å²) in [4.78, 5) is 10.5. The number of hydrogen-bond acceptors (Lipinski definition) is 4. The number of rotatable bonds is 3. The first-order chi connectivity index (χ1) is 7.65. The maximum atomic E-state index is 10.5. The summed E-state index contributed by atoms with van der Waals surface area (Å²) < 4.78 is 4.62. The third kappa shape index (κ3) is 2.20. The van der Waals surface area contributed by atoms with Crippen LogP contribution in [0, 0.1) is 0 Å². The number of benzene rings is 1. The number of carbonyl (C=O) groups is 1. The highest BCUT2D eigenvalue weighted by molar-refractivity contribution is 5.84. The number of hydrogen-bond donors (Lipinski definition) is 2. The normalized spacial score (nSPS) is 10.2. The first kappa shape index (κ1) is 10.2. The molecule has 0 radical (unpaired) electrons. The molecule has 0 amide bonds. The van der Waals surface area contributed by atoms with Crippen LogP contribution in [-0.2, 0) is 6.42 Å². The molecule has 16 heavy (non-hydrogen) atoms. The standard InChI is InChI=1S/C11H9NO4/c13-9-3-1-2-7(5-9)4-8-6-10(11(14)15)16-12-8/h1-3,5-6,13H,4H2,(H,14,15). The Balaban J connectivity index is 2.17. The Labute approximate surface area is 90.9 Å². The molecular formula is C11H9NO4. The van der Waals surface area contributed by atoms with Crippen LogP contribution in [0.3, 0.4) is 0 Å². The summed E-state index contributed by atoms with van der Waals surface area (Å²) in [5.41, 5.74) is 1.35. The fourth-order valence-electron chi connectivity index (χ4n) is 1.37. The highest BCUT2D eigenvalue weighted by Gasteiger charge is 2.11. The number of aromatic hydroxyl groups is 1. The third-order valence-corrected chi connectivity index (χ3v) is 2.07. The largest absolute Gasteiger partial charge is 0.508 e. The molecule has 1 aromatic heterocycles. The van der Waals surface area contributed by atoms with E-state index >= 15 is 0 Å². The van der Waals surface area contributed by atoms with Crippen LogP contribution < -0.4 is 0 Å². The van der Waals surface area contributed by atoms with E-state index in [0.29, 0.717) is 12.1 Å². The molecule has 2 rings (SSSR count). The molecule has 0 atom stereocenters. The van der Waals surface area contributed by atoms with Gasteiger partial charge in [0.25, 0.3) is 0 Å². The van der Waals surface area contributed by atoms with E-state index in [1.807, 2.05) is 6.07 Å². The molecule has 0 fully saturated rings. The van der Waals surface area contributed by atoms with Crippen LogP contribution in [0.25, 0.3) is 0 Å². The highest BCUT2D eigenvalue weighted by atomic mass is 16.5. The number of nitrogens with zero attached hydrogens (tertiary/aromatic N) is 1. The molecule has 0 spiro atoms. The summed E-state index contributed by atoms with van der Waals surface area (Å²) in [5, 5.41) is 21.5. The lowest BCUT2D eigenvalue weighted by molar-refractivity contribution is 0.0652. The Morgan fingerprint density at radius 3 is 2.81 bits per heavy atom. The van der Waals surface area contributed by atoms with E-state index in [1.165, 1.54) is 6.07 Å². The van der Waals surface area contributed by atoms with Gasteiger partial charge < -0.3 is 14.7 Å². The van der Waals surface area contributed by atoms with Crippen molar-refractivity contribution in [2.24, 2.45) is 0 Å². The topological polar surface area (TPSA) is 83.6 Å². The van der Waals surface area contributed by atoms with E-state index in [-0.39, 0.29) is 11.5 Å². The second-order valence-corrected chi connectivity index (χ2v) is 3.33. The molecule has 0 aliphatic carbocycles. The van der Waals surface area contributed by atoms with Gasteiger partial charge >= 0.3 is 5.97 Å². The zero-order valence-corrected chi connectivity index (χ0v) is 8.25. The van der Waals surface area contributed by atoms with Gasteiger partial charge in [-0.2, -0.15) is 0 Å². The van der Waals surface area contributed by atoms with Crippen molar-refractivity contribution in [1.29, 1.82) is 0 Å². The van der Waals surface area contributed by atoms with Crippen LogP contribution in [0.15, 0.2) is 34.9 Å². The zero-order valence-electron chi connectivity index (χ0n) is 8.25.